The van der Waals surface area contributed by atoms with E-state index >= 15 is 0 Å². The molecule has 1 rings (SSSR count). The van der Waals surface area contributed by atoms with Crippen LogP contribution < -0.4 is 5.32 Å². The van der Waals surface area contributed by atoms with E-state index in [0.29, 0.717) is 31.2 Å². The summed E-state index contributed by atoms with van der Waals surface area (Å²) in [7, 11) is 1.56. The van der Waals surface area contributed by atoms with E-state index in [0.717, 1.165) is 11.3 Å². The fourth-order valence-corrected chi connectivity index (χ4v) is 2.57. The molecular weight excluding hydrogens is 305 g/mol. The minimum absolute atomic E-state index is 0.119. The van der Waals surface area contributed by atoms with Gasteiger partial charge in [-0.15, -0.1) is 11.3 Å². The molecule has 0 spiro atoms. The van der Waals surface area contributed by atoms with Crippen molar-refractivity contribution in [2.75, 3.05) is 26.9 Å². The zero-order valence-corrected chi connectivity index (χ0v) is 13.2. The molecule has 0 aromatic carbocycles. The van der Waals surface area contributed by atoms with Crippen LogP contribution in [0, 0.1) is 0 Å². The molecule has 0 fully saturated rings. The second kappa shape index (κ2) is 8.67. The maximum Gasteiger partial charge on any atom is 0.434 e. The number of aromatic nitrogens is 1. The first kappa shape index (κ1) is 18.3. The maximum absolute atomic E-state index is 12.9. The molecule has 0 atom stereocenters. The first-order valence-corrected chi connectivity index (χ1v) is 7.52. The van der Waals surface area contributed by atoms with E-state index in [1.54, 1.807) is 7.11 Å². The Morgan fingerprint density at radius 1 is 1.24 bits per heavy atom. The zero-order chi connectivity index (χ0) is 15.9. The number of thiazole rings is 1. The minimum Gasteiger partial charge on any atom is -0.382 e. The van der Waals surface area contributed by atoms with Crippen molar-refractivity contribution in [2.45, 2.75) is 39.0 Å². The molecule has 0 unspecified atom stereocenters. The van der Waals surface area contributed by atoms with Gasteiger partial charge in [0.25, 0.3) is 0 Å². The van der Waals surface area contributed by atoms with Crippen LogP contribution in [0.1, 0.15) is 29.4 Å². The Labute approximate surface area is 126 Å². The first-order valence-electron chi connectivity index (χ1n) is 6.70. The summed E-state index contributed by atoms with van der Waals surface area (Å²) in [5.74, 6) is 0. The molecule has 0 aliphatic carbocycles. The number of hydrogen-bond donors (Lipinski definition) is 1. The van der Waals surface area contributed by atoms with Gasteiger partial charge in [-0.2, -0.15) is 13.2 Å². The molecule has 1 N–H and O–H groups in total. The van der Waals surface area contributed by atoms with E-state index in [9.17, 15) is 13.2 Å². The van der Waals surface area contributed by atoms with Gasteiger partial charge in [-0.25, -0.2) is 4.98 Å². The van der Waals surface area contributed by atoms with E-state index in [1.165, 1.54) is 0 Å². The average molecular weight is 326 g/mol. The smallest absolute Gasteiger partial charge is 0.382 e. The van der Waals surface area contributed by atoms with Crippen molar-refractivity contribution >= 4 is 11.3 Å². The molecule has 21 heavy (non-hydrogen) atoms. The van der Waals surface area contributed by atoms with Crippen molar-refractivity contribution in [3.63, 3.8) is 0 Å². The number of alkyl halides is 3. The molecule has 4 nitrogen and oxygen atoms in total. The largest absolute Gasteiger partial charge is 0.434 e. The Kier molecular flexibility index (Phi) is 7.58. The second-order valence-electron chi connectivity index (χ2n) is 4.77. The van der Waals surface area contributed by atoms with Gasteiger partial charge in [0.15, 0.2) is 5.69 Å². The van der Waals surface area contributed by atoms with Gasteiger partial charge >= 0.3 is 6.18 Å². The van der Waals surface area contributed by atoms with Crippen molar-refractivity contribution < 1.29 is 22.6 Å². The molecule has 1 aromatic rings. The summed E-state index contributed by atoms with van der Waals surface area (Å²) in [6, 6.07) is 0.119. The number of hydrogen-bond acceptors (Lipinski definition) is 5. The number of ether oxygens (including phenoxy) is 2. The third-order valence-corrected chi connectivity index (χ3v) is 3.69. The Bertz CT molecular complexity index is 422. The highest BCUT2D eigenvalue weighted by molar-refractivity contribution is 7.11. The minimum atomic E-state index is -4.42. The van der Waals surface area contributed by atoms with Crippen LogP contribution in [0.5, 0.6) is 0 Å². The van der Waals surface area contributed by atoms with Crippen molar-refractivity contribution in [1.29, 1.82) is 0 Å². The molecule has 0 saturated heterocycles. The lowest BCUT2D eigenvalue weighted by Gasteiger charge is -2.09. The van der Waals surface area contributed by atoms with Gasteiger partial charge in [0.2, 0.25) is 0 Å². The highest BCUT2D eigenvalue weighted by atomic mass is 32.1. The van der Waals surface area contributed by atoms with Crippen molar-refractivity contribution in [1.82, 2.24) is 10.3 Å². The summed E-state index contributed by atoms with van der Waals surface area (Å²) in [5, 5.41) is 3.44. The Balaban J connectivity index is 2.64. The van der Waals surface area contributed by atoms with E-state index in [1.807, 2.05) is 13.8 Å². The Hall–Kier alpha value is -0.700. The number of rotatable bonds is 9. The molecule has 0 radical (unpaired) electrons. The Morgan fingerprint density at radius 3 is 2.52 bits per heavy atom. The molecule has 0 amide bonds. The quantitative estimate of drug-likeness (QED) is 0.709. The highest BCUT2D eigenvalue weighted by Crippen LogP contribution is 2.34. The third kappa shape index (κ3) is 6.73. The van der Waals surface area contributed by atoms with Gasteiger partial charge in [-0.05, 0) is 0 Å². The molecule has 122 valence electrons. The SMILES string of the molecule is COCCOCCc1nc(C(F)(F)F)c(CNC(C)C)s1. The van der Waals surface area contributed by atoms with Crippen LogP contribution in [0.15, 0.2) is 0 Å². The predicted molar refractivity (Wildman–Crippen MR) is 75.5 cm³/mol. The van der Waals surface area contributed by atoms with Crippen LogP contribution in [0.3, 0.4) is 0 Å². The van der Waals surface area contributed by atoms with Gasteiger partial charge < -0.3 is 14.8 Å². The summed E-state index contributed by atoms with van der Waals surface area (Å²) < 4.78 is 48.9. The van der Waals surface area contributed by atoms with Gasteiger partial charge in [0, 0.05) is 26.1 Å². The maximum atomic E-state index is 12.9. The molecule has 1 heterocycles. The number of nitrogens with zero attached hydrogens (tertiary/aromatic N) is 1. The summed E-state index contributed by atoms with van der Waals surface area (Å²) in [4.78, 5) is 3.94. The van der Waals surface area contributed by atoms with Crippen molar-refractivity contribution in [3.05, 3.63) is 15.6 Å². The van der Waals surface area contributed by atoms with E-state index in [-0.39, 0.29) is 17.5 Å². The van der Waals surface area contributed by atoms with E-state index in [2.05, 4.69) is 10.3 Å². The van der Waals surface area contributed by atoms with Gasteiger partial charge in [0.1, 0.15) is 0 Å². The number of halogens is 3. The van der Waals surface area contributed by atoms with Crippen molar-refractivity contribution in [2.24, 2.45) is 0 Å². The first-order chi connectivity index (χ1) is 9.84. The van der Waals surface area contributed by atoms with Gasteiger partial charge in [0.05, 0.1) is 29.7 Å². The average Bonchev–Trinajstić information content (AvgIpc) is 2.79. The topological polar surface area (TPSA) is 43.4 Å². The predicted octanol–water partition coefficient (Wildman–Crippen LogP) is 2.87. The van der Waals surface area contributed by atoms with Crippen LogP contribution in [0.25, 0.3) is 0 Å². The lowest BCUT2D eigenvalue weighted by atomic mass is 10.3. The van der Waals surface area contributed by atoms with Crippen LogP contribution in [0.4, 0.5) is 13.2 Å². The fourth-order valence-electron chi connectivity index (χ4n) is 1.55. The van der Waals surface area contributed by atoms with Crippen LogP contribution in [-0.4, -0.2) is 38.0 Å². The molecule has 0 aliphatic heterocycles. The second-order valence-corrected chi connectivity index (χ2v) is 5.94. The van der Waals surface area contributed by atoms with Crippen molar-refractivity contribution in [3.8, 4) is 0 Å². The summed E-state index contributed by atoms with van der Waals surface area (Å²) in [6.45, 7) is 5.18. The van der Waals surface area contributed by atoms with E-state index < -0.39 is 11.9 Å². The zero-order valence-electron chi connectivity index (χ0n) is 12.4. The van der Waals surface area contributed by atoms with Crippen LogP contribution in [-0.2, 0) is 28.6 Å². The lowest BCUT2D eigenvalue weighted by Crippen LogP contribution is -2.23. The van der Waals surface area contributed by atoms with Crippen LogP contribution >= 0.6 is 11.3 Å². The van der Waals surface area contributed by atoms with Crippen LogP contribution in [0.2, 0.25) is 0 Å². The Morgan fingerprint density at radius 2 is 1.95 bits per heavy atom. The number of nitrogens with one attached hydrogen (secondary N) is 1. The summed E-state index contributed by atoms with van der Waals surface area (Å²) in [5.41, 5.74) is -0.785. The molecule has 1 aromatic heterocycles. The van der Waals surface area contributed by atoms with Gasteiger partial charge in [-0.3, -0.25) is 0 Å². The summed E-state index contributed by atoms with van der Waals surface area (Å²) >= 11 is 1.09. The lowest BCUT2D eigenvalue weighted by molar-refractivity contribution is -0.141. The number of methoxy groups -OCH3 is 1. The monoisotopic (exact) mass is 326 g/mol. The highest BCUT2D eigenvalue weighted by Gasteiger charge is 2.37. The molecular formula is C13H21F3N2O2S. The fraction of sp³-hybridized carbons (Fsp3) is 0.769. The standard InChI is InChI=1S/C13H21F3N2O2S/c1-9(2)17-8-10-12(13(14,15)16)18-11(21-10)4-5-20-7-6-19-3/h9,17H,4-8H2,1-3H3. The normalized spacial score (nSPS) is 12.3. The summed E-state index contributed by atoms with van der Waals surface area (Å²) in [6.07, 6.45) is -4.04. The molecule has 0 aliphatic rings. The van der Waals surface area contributed by atoms with Gasteiger partial charge in [-0.1, -0.05) is 13.8 Å². The third-order valence-electron chi connectivity index (χ3n) is 2.57. The van der Waals surface area contributed by atoms with E-state index in [4.69, 9.17) is 9.47 Å². The molecule has 8 heteroatoms. The molecule has 0 bridgehead atoms. The molecule has 0 saturated carbocycles.